The van der Waals surface area contributed by atoms with Gasteiger partial charge < -0.3 is 16.3 Å². The van der Waals surface area contributed by atoms with Gasteiger partial charge in [0.2, 0.25) is 0 Å². The van der Waals surface area contributed by atoms with Crippen LogP contribution < -0.4 is 11.1 Å². The summed E-state index contributed by atoms with van der Waals surface area (Å²) in [7, 11) is 0. The summed E-state index contributed by atoms with van der Waals surface area (Å²) in [5.41, 5.74) is 5.05. The van der Waals surface area contributed by atoms with E-state index in [2.05, 4.69) is 10.5 Å². The highest BCUT2D eigenvalue weighted by Crippen LogP contribution is 2.30. The third kappa shape index (κ3) is 4.04. The van der Waals surface area contributed by atoms with E-state index in [1.165, 1.54) is 0 Å². The summed E-state index contributed by atoms with van der Waals surface area (Å²) in [5.74, 6) is -4.08. The number of alkyl halides is 3. The van der Waals surface area contributed by atoms with Crippen molar-refractivity contribution < 1.29 is 22.8 Å². The van der Waals surface area contributed by atoms with Gasteiger partial charge in [-0.3, -0.25) is 0 Å². The van der Waals surface area contributed by atoms with Crippen molar-refractivity contribution in [2.45, 2.75) is 6.18 Å². The van der Waals surface area contributed by atoms with E-state index < -0.39 is 30.3 Å². The van der Waals surface area contributed by atoms with Crippen molar-refractivity contribution in [2.24, 2.45) is 16.8 Å². The molecule has 0 bridgehead atoms. The molecule has 112 valence electrons. The van der Waals surface area contributed by atoms with E-state index >= 15 is 0 Å². The van der Waals surface area contributed by atoms with Crippen LogP contribution >= 0.6 is 23.2 Å². The van der Waals surface area contributed by atoms with Gasteiger partial charge in [-0.15, -0.1) is 0 Å². The SMILES string of the molecule is N/C(=N/O)C(CNc1cc(Cl)c(F)c(Cl)c1)C(F)(F)F. The minimum absolute atomic E-state index is 0.0707. The Morgan fingerprint density at radius 3 is 2.25 bits per heavy atom. The third-order valence-corrected chi connectivity index (χ3v) is 2.91. The Hall–Kier alpha value is -1.41. The first-order valence-electron chi connectivity index (χ1n) is 5.09. The molecule has 20 heavy (non-hydrogen) atoms. The van der Waals surface area contributed by atoms with Crippen LogP contribution in [-0.2, 0) is 0 Å². The standard InChI is InChI=1S/C10H9Cl2F4N3O/c11-6-1-4(2-7(12)8(6)13)18-3-5(9(17)19-20)10(14,15)16/h1-2,5,18,20H,3H2,(H2,17,19). The Kier molecular flexibility index (Phi) is 5.29. The number of hydrogen-bond donors (Lipinski definition) is 3. The van der Waals surface area contributed by atoms with Gasteiger partial charge in [-0.05, 0) is 12.1 Å². The van der Waals surface area contributed by atoms with Gasteiger partial charge >= 0.3 is 6.18 Å². The molecule has 1 atom stereocenters. The molecule has 1 unspecified atom stereocenters. The quantitative estimate of drug-likeness (QED) is 0.197. The predicted octanol–water partition coefficient (Wildman–Crippen LogP) is 3.47. The zero-order valence-electron chi connectivity index (χ0n) is 9.68. The Morgan fingerprint density at radius 2 is 1.85 bits per heavy atom. The number of amidine groups is 1. The number of halogens is 6. The van der Waals surface area contributed by atoms with Crippen LogP contribution in [0.2, 0.25) is 10.0 Å². The zero-order chi connectivity index (χ0) is 15.5. The number of hydrogen-bond acceptors (Lipinski definition) is 3. The summed E-state index contributed by atoms with van der Waals surface area (Å²) >= 11 is 11.0. The van der Waals surface area contributed by atoms with Crippen LogP contribution in [0.4, 0.5) is 23.2 Å². The molecule has 10 heteroatoms. The maximum atomic E-state index is 13.1. The molecule has 0 aliphatic heterocycles. The highest BCUT2D eigenvalue weighted by molar-refractivity contribution is 6.35. The number of nitrogens with two attached hydrogens (primary N) is 1. The molecule has 1 rings (SSSR count). The number of nitrogens with one attached hydrogen (secondary N) is 1. The van der Waals surface area contributed by atoms with Crippen molar-refractivity contribution in [3.63, 3.8) is 0 Å². The van der Waals surface area contributed by atoms with Gasteiger partial charge in [0.05, 0.1) is 10.0 Å². The fraction of sp³-hybridized carbons (Fsp3) is 0.300. The fourth-order valence-electron chi connectivity index (χ4n) is 1.34. The molecule has 0 aliphatic rings. The average molecular weight is 334 g/mol. The van der Waals surface area contributed by atoms with Crippen molar-refractivity contribution in [1.82, 2.24) is 0 Å². The summed E-state index contributed by atoms with van der Waals surface area (Å²) in [6.45, 7) is -0.725. The first kappa shape index (κ1) is 16.6. The molecule has 0 radical (unpaired) electrons. The summed E-state index contributed by atoms with van der Waals surface area (Å²) in [4.78, 5) is 0. The van der Waals surface area contributed by atoms with Crippen LogP contribution in [0.25, 0.3) is 0 Å². The van der Waals surface area contributed by atoms with Gasteiger partial charge in [0.25, 0.3) is 0 Å². The van der Waals surface area contributed by atoms with Crippen molar-refractivity contribution >= 4 is 34.7 Å². The van der Waals surface area contributed by atoms with Crippen molar-refractivity contribution in [1.29, 1.82) is 0 Å². The van der Waals surface area contributed by atoms with Gasteiger partial charge in [0.15, 0.2) is 11.7 Å². The maximum Gasteiger partial charge on any atom is 0.400 e. The number of anilines is 1. The van der Waals surface area contributed by atoms with Crippen LogP contribution in [0, 0.1) is 11.7 Å². The lowest BCUT2D eigenvalue weighted by atomic mass is 10.1. The zero-order valence-corrected chi connectivity index (χ0v) is 11.2. The van der Waals surface area contributed by atoms with E-state index in [1.54, 1.807) is 0 Å². The number of oxime groups is 1. The topological polar surface area (TPSA) is 70.6 Å². The lowest BCUT2D eigenvalue weighted by molar-refractivity contribution is -0.152. The van der Waals surface area contributed by atoms with Gasteiger partial charge in [0, 0.05) is 12.2 Å². The molecule has 4 N–H and O–H groups in total. The second kappa shape index (κ2) is 6.36. The second-order valence-electron chi connectivity index (χ2n) is 3.75. The minimum atomic E-state index is -4.71. The summed E-state index contributed by atoms with van der Waals surface area (Å²) in [6, 6.07) is 2.14. The molecule has 1 aromatic carbocycles. The highest BCUT2D eigenvalue weighted by atomic mass is 35.5. The van der Waals surface area contributed by atoms with Crippen LogP contribution in [0.1, 0.15) is 0 Å². The van der Waals surface area contributed by atoms with Crippen molar-refractivity contribution in [3.05, 3.63) is 28.0 Å². The molecular formula is C10H9Cl2F4N3O. The van der Waals surface area contributed by atoms with Crippen LogP contribution in [0.15, 0.2) is 17.3 Å². The van der Waals surface area contributed by atoms with Crippen LogP contribution in [0.5, 0.6) is 0 Å². The van der Waals surface area contributed by atoms with Gasteiger partial charge in [0.1, 0.15) is 5.92 Å². The first-order valence-corrected chi connectivity index (χ1v) is 5.85. The van der Waals surface area contributed by atoms with Gasteiger partial charge in [-0.1, -0.05) is 28.4 Å². The highest BCUT2D eigenvalue weighted by Gasteiger charge is 2.42. The number of benzene rings is 1. The molecule has 0 saturated carbocycles. The van der Waals surface area contributed by atoms with E-state index in [0.29, 0.717) is 0 Å². The van der Waals surface area contributed by atoms with Gasteiger partial charge in [-0.2, -0.15) is 13.2 Å². The Labute approximate surface area is 121 Å². The number of nitrogens with zero attached hydrogens (tertiary/aromatic N) is 1. The van der Waals surface area contributed by atoms with Crippen LogP contribution in [0.3, 0.4) is 0 Å². The maximum absolute atomic E-state index is 13.1. The molecule has 0 amide bonds. The predicted molar refractivity (Wildman–Crippen MR) is 67.9 cm³/mol. The smallest absolute Gasteiger partial charge is 0.400 e. The average Bonchev–Trinajstić information content (AvgIpc) is 2.34. The fourth-order valence-corrected chi connectivity index (χ4v) is 1.82. The Balaban J connectivity index is 2.89. The molecular weight excluding hydrogens is 325 g/mol. The van der Waals surface area contributed by atoms with E-state index in [9.17, 15) is 17.6 Å². The minimum Gasteiger partial charge on any atom is -0.409 e. The molecule has 4 nitrogen and oxygen atoms in total. The van der Waals surface area contributed by atoms with E-state index in [0.717, 1.165) is 12.1 Å². The Morgan fingerprint density at radius 1 is 1.35 bits per heavy atom. The molecule has 1 aromatic rings. The number of rotatable bonds is 4. The summed E-state index contributed by atoms with van der Waals surface area (Å²) < 4.78 is 51.1. The summed E-state index contributed by atoms with van der Waals surface area (Å²) in [6.07, 6.45) is -4.71. The first-order chi connectivity index (χ1) is 9.16. The van der Waals surface area contributed by atoms with E-state index in [1.807, 2.05) is 0 Å². The van der Waals surface area contributed by atoms with Crippen LogP contribution in [-0.4, -0.2) is 23.8 Å². The second-order valence-corrected chi connectivity index (χ2v) is 4.57. The lowest BCUT2D eigenvalue weighted by Gasteiger charge is -2.20. The molecule has 0 aromatic heterocycles. The van der Waals surface area contributed by atoms with Gasteiger partial charge in [-0.25, -0.2) is 4.39 Å². The molecule has 0 saturated heterocycles. The molecule has 0 aliphatic carbocycles. The molecule has 0 spiro atoms. The third-order valence-electron chi connectivity index (χ3n) is 2.36. The molecule has 0 fully saturated rings. The normalized spacial score (nSPS) is 14.2. The summed E-state index contributed by atoms with van der Waals surface area (Å²) in [5, 5.41) is 12.3. The largest absolute Gasteiger partial charge is 0.409 e. The van der Waals surface area contributed by atoms with E-state index in [-0.39, 0.29) is 15.7 Å². The lowest BCUT2D eigenvalue weighted by Crippen LogP contribution is -2.40. The monoisotopic (exact) mass is 333 g/mol. The van der Waals surface area contributed by atoms with E-state index in [4.69, 9.17) is 34.1 Å². The Bertz CT molecular complexity index is 499. The van der Waals surface area contributed by atoms with Crippen molar-refractivity contribution in [3.8, 4) is 0 Å². The molecule has 0 heterocycles. The van der Waals surface area contributed by atoms with Crippen molar-refractivity contribution in [2.75, 3.05) is 11.9 Å².